The molecule has 2 heterocycles. The van der Waals surface area contributed by atoms with Gasteiger partial charge in [0.1, 0.15) is 5.54 Å². The average molecular weight is 278 g/mol. The fraction of sp³-hybridized carbons (Fsp3) is 0.462. The summed E-state index contributed by atoms with van der Waals surface area (Å²) >= 11 is 0. The average Bonchev–Trinajstić information content (AvgIpc) is 2.42. The lowest BCUT2D eigenvalue weighted by Crippen LogP contribution is -2.62. The molecule has 1 fully saturated rings. The molecule has 0 aliphatic carbocycles. The third-order valence-electron chi connectivity index (χ3n) is 3.41. The van der Waals surface area contributed by atoms with Crippen molar-refractivity contribution in [3.63, 3.8) is 0 Å². The molecule has 0 unspecified atom stereocenters. The maximum absolute atomic E-state index is 12.0. The van der Waals surface area contributed by atoms with Gasteiger partial charge >= 0.3 is 5.97 Å². The van der Waals surface area contributed by atoms with E-state index in [1.807, 2.05) is 0 Å². The number of rotatable bonds is 2. The number of ether oxygens (including phenoxy) is 1. The van der Waals surface area contributed by atoms with Crippen LogP contribution in [0.15, 0.2) is 12.1 Å². The molecular formula is C13H18N4O3. The molecule has 1 aromatic rings. The smallest absolute Gasteiger partial charge is 0.356 e. The summed E-state index contributed by atoms with van der Waals surface area (Å²) in [5.41, 5.74) is 5.74. The highest BCUT2D eigenvalue weighted by Gasteiger charge is 2.39. The summed E-state index contributed by atoms with van der Waals surface area (Å²) in [4.78, 5) is 29.6. The van der Waals surface area contributed by atoms with Gasteiger partial charge in [-0.3, -0.25) is 4.79 Å². The molecule has 2 rings (SSSR count). The van der Waals surface area contributed by atoms with Crippen molar-refractivity contribution in [2.24, 2.45) is 0 Å². The van der Waals surface area contributed by atoms with E-state index in [1.165, 1.54) is 13.2 Å². The zero-order valence-corrected chi connectivity index (χ0v) is 11.8. The SMILES string of the molecule is COC(=O)c1ccc(N)c(N2CCNC(=O)C2(C)C)n1. The van der Waals surface area contributed by atoms with Crippen molar-refractivity contribution in [1.29, 1.82) is 0 Å². The largest absolute Gasteiger partial charge is 0.464 e. The lowest BCUT2D eigenvalue weighted by Gasteiger charge is -2.42. The lowest BCUT2D eigenvalue weighted by atomic mass is 9.98. The molecule has 0 saturated carbocycles. The number of hydrogen-bond donors (Lipinski definition) is 2. The van der Waals surface area contributed by atoms with Gasteiger partial charge < -0.3 is 20.7 Å². The third kappa shape index (κ3) is 2.26. The highest BCUT2D eigenvalue weighted by atomic mass is 16.5. The molecule has 1 aliphatic heterocycles. The molecule has 1 amide bonds. The Bertz CT molecular complexity index is 557. The second-order valence-corrected chi connectivity index (χ2v) is 5.07. The Labute approximate surface area is 117 Å². The number of carbonyl (C=O) groups excluding carboxylic acids is 2. The van der Waals surface area contributed by atoms with Crippen molar-refractivity contribution in [1.82, 2.24) is 10.3 Å². The summed E-state index contributed by atoms with van der Waals surface area (Å²) in [6.07, 6.45) is 0. The number of nitrogens with zero attached hydrogens (tertiary/aromatic N) is 2. The van der Waals surface area contributed by atoms with Gasteiger partial charge in [-0.25, -0.2) is 9.78 Å². The van der Waals surface area contributed by atoms with E-state index in [-0.39, 0.29) is 11.6 Å². The van der Waals surface area contributed by atoms with Gasteiger partial charge in [-0.15, -0.1) is 0 Å². The summed E-state index contributed by atoms with van der Waals surface area (Å²) in [5.74, 6) is -0.216. The van der Waals surface area contributed by atoms with Crippen LogP contribution in [0.25, 0.3) is 0 Å². The van der Waals surface area contributed by atoms with E-state index in [0.29, 0.717) is 24.6 Å². The van der Waals surface area contributed by atoms with E-state index >= 15 is 0 Å². The van der Waals surface area contributed by atoms with Crippen LogP contribution < -0.4 is 16.0 Å². The van der Waals surface area contributed by atoms with Crippen molar-refractivity contribution in [2.75, 3.05) is 30.8 Å². The molecule has 1 aromatic heterocycles. The lowest BCUT2D eigenvalue weighted by molar-refractivity contribution is -0.126. The first kappa shape index (κ1) is 14.1. The van der Waals surface area contributed by atoms with Gasteiger partial charge in [-0.2, -0.15) is 0 Å². The zero-order valence-electron chi connectivity index (χ0n) is 11.8. The number of anilines is 2. The van der Waals surface area contributed by atoms with E-state index in [1.54, 1.807) is 24.8 Å². The first-order chi connectivity index (χ1) is 9.37. The highest BCUT2D eigenvalue weighted by molar-refractivity contribution is 5.92. The van der Waals surface area contributed by atoms with Gasteiger partial charge in [0.25, 0.3) is 0 Å². The minimum absolute atomic E-state index is 0.103. The number of hydrogen-bond acceptors (Lipinski definition) is 6. The first-order valence-corrected chi connectivity index (χ1v) is 6.28. The molecule has 0 spiro atoms. The van der Waals surface area contributed by atoms with E-state index in [9.17, 15) is 9.59 Å². The van der Waals surface area contributed by atoms with Crippen molar-refractivity contribution < 1.29 is 14.3 Å². The molecule has 20 heavy (non-hydrogen) atoms. The number of piperazine rings is 1. The molecule has 3 N–H and O–H groups in total. The molecule has 7 heteroatoms. The number of esters is 1. The van der Waals surface area contributed by atoms with E-state index in [2.05, 4.69) is 15.0 Å². The number of methoxy groups -OCH3 is 1. The summed E-state index contributed by atoms with van der Waals surface area (Å²) in [6.45, 7) is 4.65. The molecular weight excluding hydrogens is 260 g/mol. The maximum Gasteiger partial charge on any atom is 0.356 e. The number of nitrogens with one attached hydrogen (secondary N) is 1. The van der Waals surface area contributed by atoms with Crippen LogP contribution in [0.3, 0.4) is 0 Å². The van der Waals surface area contributed by atoms with Gasteiger partial charge in [0.2, 0.25) is 5.91 Å². The van der Waals surface area contributed by atoms with Gasteiger partial charge in [0, 0.05) is 13.1 Å². The second-order valence-electron chi connectivity index (χ2n) is 5.07. The Morgan fingerprint density at radius 3 is 2.85 bits per heavy atom. The van der Waals surface area contributed by atoms with Gasteiger partial charge in [-0.05, 0) is 26.0 Å². The minimum atomic E-state index is -0.784. The normalized spacial score (nSPS) is 17.6. The third-order valence-corrected chi connectivity index (χ3v) is 3.41. The molecule has 0 radical (unpaired) electrons. The summed E-state index contributed by atoms with van der Waals surface area (Å²) in [6, 6.07) is 3.10. The minimum Gasteiger partial charge on any atom is -0.464 e. The van der Waals surface area contributed by atoms with Crippen molar-refractivity contribution in [3.8, 4) is 0 Å². The molecule has 1 saturated heterocycles. The quantitative estimate of drug-likeness (QED) is 0.748. The summed E-state index contributed by atoms with van der Waals surface area (Å²) in [5, 5.41) is 2.80. The van der Waals surface area contributed by atoms with Gasteiger partial charge in [-0.1, -0.05) is 0 Å². The standard InChI is InChI=1S/C13H18N4O3/c1-13(2)12(19)15-6-7-17(13)10-8(14)4-5-9(16-10)11(18)20-3/h4-5H,6-7,14H2,1-3H3,(H,15,19). The fourth-order valence-electron chi connectivity index (χ4n) is 2.16. The van der Waals surface area contributed by atoms with E-state index in [0.717, 1.165) is 0 Å². The topological polar surface area (TPSA) is 97.5 Å². The predicted molar refractivity (Wildman–Crippen MR) is 74.4 cm³/mol. The Balaban J connectivity index is 2.45. The Morgan fingerprint density at radius 1 is 1.50 bits per heavy atom. The van der Waals surface area contributed by atoms with Crippen LogP contribution in [0, 0.1) is 0 Å². The Morgan fingerprint density at radius 2 is 2.20 bits per heavy atom. The van der Waals surface area contributed by atoms with E-state index in [4.69, 9.17) is 5.73 Å². The van der Waals surface area contributed by atoms with Crippen LogP contribution >= 0.6 is 0 Å². The van der Waals surface area contributed by atoms with Crippen molar-refractivity contribution in [2.45, 2.75) is 19.4 Å². The maximum atomic E-state index is 12.0. The molecule has 108 valence electrons. The van der Waals surface area contributed by atoms with Crippen LogP contribution in [0.1, 0.15) is 24.3 Å². The Kier molecular flexibility index (Phi) is 3.52. The van der Waals surface area contributed by atoms with Crippen LogP contribution in [0.2, 0.25) is 0 Å². The Hall–Kier alpha value is -2.31. The monoisotopic (exact) mass is 278 g/mol. The number of nitrogen functional groups attached to an aromatic ring is 1. The van der Waals surface area contributed by atoms with Crippen LogP contribution in [-0.4, -0.2) is 42.6 Å². The molecule has 1 aliphatic rings. The van der Waals surface area contributed by atoms with Crippen LogP contribution in [0.5, 0.6) is 0 Å². The highest BCUT2D eigenvalue weighted by Crippen LogP contribution is 2.29. The van der Waals surface area contributed by atoms with Crippen molar-refractivity contribution >= 4 is 23.4 Å². The fourth-order valence-corrected chi connectivity index (χ4v) is 2.16. The zero-order chi connectivity index (χ0) is 14.9. The molecule has 7 nitrogen and oxygen atoms in total. The number of nitrogens with two attached hydrogens (primary N) is 1. The molecule has 0 atom stereocenters. The van der Waals surface area contributed by atoms with Crippen LogP contribution in [-0.2, 0) is 9.53 Å². The van der Waals surface area contributed by atoms with Crippen molar-refractivity contribution in [3.05, 3.63) is 17.8 Å². The van der Waals surface area contributed by atoms with E-state index < -0.39 is 11.5 Å². The molecule has 0 aromatic carbocycles. The van der Waals surface area contributed by atoms with Gasteiger partial charge in [0.15, 0.2) is 11.5 Å². The van der Waals surface area contributed by atoms with Crippen LogP contribution in [0.4, 0.5) is 11.5 Å². The second kappa shape index (κ2) is 4.99. The number of pyridine rings is 1. The predicted octanol–water partition coefficient (Wildman–Crippen LogP) is 0.165. The number of amides is 1. The van der Waals surface area contributed by atoms with Gasteiger partial charge in [0.05, 0.1) is 12.8 Å². The summed E-state index contributed by atoms with van der Waals surface area (Å²) in [7, 11) is 1.29. The first-order valence-electron chi connectivity index (χ1n) is 6.28. The summed E-state index contributed by atoms with van der Waals surface area (Å²) < 4.78 is 4.65. The molecule has 0 bridgehead atoms. The number of aromatic nitrogens is 1. The number of carbonyl (C=O) groups is 2.